The summed E-state index contributed by atoms with van der Waals surface area (Å²) in [6.45, 7) is 2.24. The van der Waals surface area contributed by atoms with Crippen LogP contribution in [-0.2, 0) is 0 Å². The number of unbranched alkanes of at least 4 members (excludes halogenated alkanes) is 3. The van der Waals surface area contributed by atoms with Gasteiger partial charge >= 0.3 is 0 Å². The molecule has 0 saturated heterocycles. The molecule has 2 heterocycles. The molecule has 2 rings (SSSR count). The zero-order valence-corrected chi connectivity index (χ0v) is 11.4. The summed E-state index contributed by atoms with van der Waals surface area (Å²) in [6.07, 6.45) is 6.36. The van der Waals surface area contributed by atoms with E-state index in [1.165, 1.54) is 40.0 Å². The van der Waals surface area contributed by atoms with Gasteiger partial charge in [0.15, 0.2) is 0 Å². The van der Waals surface area contributed by atoms with Gasteiger partial charge in [-0.15, -0.1) is 22.7 Å². The van der Waals surface area contributed by atoms with E-state index in [-0.39, 0.29) is 6.04 Å². The third-order valence-electron chi connectivity index (χ3n) is 2.89. The van der Waals surface area contributed by atoms with Crippen LogP contribution in [0, 0.1) is 0 Å². The number of thiophene rings is 2. The van der Waals surface area contributed by atoms with E-state index in [4.69, 9.17) is 5.73 Å². The summed E-state index contributed by atoms with van der Waals surface area (Å²) in [5.41, 5.74) is 6.22. The van der Waals surface area contributed by atoms with E-state index in [0.29, 0.717) is 0 Å². The van der Waals surface area contributed by atoms with Crippen LogP contribution in [0.5, 0.6) is 0 Å². The molecule has 0 fully saturated rings. The van der Waals surface area contributed by atoms with Gasteiger partial charge in [-0.1, -0.05) is 32.6 Å². The molecule has 16 heavy (non-hydrogen) atoms. The molecule has 88 valence electrons. The van der Waals surface area contributed by atoms with Crippen molar-refractivity contribution in [3.8, 4) is 0 Å². The van der Waals surface area contributed by atoms with Gasteiger partial charge in [-0.3, -0.25) is 0 Å². The van der Waals surface area contributed by atoms with E-state index in [2.05, 4.69) is 24.4 Å². The first-order chi connectivity index (χ1) is 7.81. The van der Waals surface area contributed by atoms with Gasteiger partial charge < -0.3 is 5.73 Å². The van der Waals surface area contributed by atoms with Crippen LogP contribution < -0.4 is 5.73 Å². The molecular weight excluding hydrogens is 234 g/mol. The van der Waals surface area contributed by atoms with Crippen molar-refractivity contribution >= 4 is 32.1 Å². The first-order valence-corrected chi connectivity index (χ1v) is 7.73. The van der Waals surface area contributed by atoms with Gasteiger partial charge in [-0.25, -0.2) is 0 Å². The van der Waals surface area contributed by atoms with Crippen molar-refractivity contribution in [2.75, 3.05) is 0 Å². The summed E-state index contributed by atoms with van der Waals surface area (Å²) < 4.78 is 2.79. The largest absolute Gasteiger partial charge is 0.323 e. The molecule has 0 spiro atoms. The number of fused-ring (bicyclic) bond motifs is 1. The number of hydrogen-bond donors (Lipinski definition) is 1. The Bertz CT molecular complexity index is 401. The minimum Gasteiger partial charge on any atom is -0.323 e. The fourth-order valence-corrected chi connectivity index (χ4v) is 4.06. The zero-order chi connectivity index (χ0) is 11.4. The maximum atomic E-state index is 6.22. The van der Waals surface area contributed by atoms with Crippen LogP contribution in [0.1, 0.15) is 49.9 Å². The van der Waals surface area contributed by atoms with E-state index in [0.717, 1.165) is 6.42 Å². The van der Waals surface area contributed by atoms with Crippen LogP contribution in [0.25, 0.3) is 9.40 Å². The van der Waals surface area contributed by atoms with E-state index in [1.807, 2.05) is 22.7 Å². The maximum Gasteiger partial charge on any atom is 0.0454 e. The van der Waals surface area contributed by atoms with Crippen molar-refractivity contribution in [2.24, 2.45) is 5.73 Å². The highest BCUT2D eigenvalue weighted by atomic mass is 32.1. The van der Waals surface area contributed by atoms with E-state index in [1.54, 1.807) is 0 Å². The molecule has 1 atom stereocenters. The van der Waals surface area contributed by atoms with Crippen molar-refractivity contribution < 1.29 is 0 Å². The fourth-order valence-electron chi connectivity index (χ4n) is 1.90. The van der Waals surface area contributed by atoms with Crippen molar-refractivity contribution in [3.63, 3.8) is 0 Å². The number of rotatable bonds is 6. The lowest BCUT2D eigenvalue weighted by molar-refractivity contribution is 0.571. The number of nitrogens with two attached hydrogens (primary N) is 1. The Morgan fingerprint density at radius 3 is 2.88 bits per heavy atom. The Balaban J connectivity index is 1.89. The molecule has 2 aromatic rings. The summed E-state index contributed by atoms with van der Waals surface area (Å²) in [5.74, 6) is 0. The topological polar surface area (TPSA) is 26.0 Å². The van der Waals surface area contributed by atoms with Crippen molar-refractivity contribution in [1.82, 2.24) is 0 Å². The third-order valence-corrected chi connectivity index (χ3v) is 5.12. The lowest BCUT2D eigenvalue weighted by atomic mass is 10.1. The van der Waals surface area contributed by atoms with E-state index in [9.17, 15) is 0 Å². The molecule has 0 amide bonds. The average molecular weight is 253 g/mol. The quantitative estimate of drug-likeness (QED) is 0.725. The summed E-state index contributed by atoms with van der Waals surface area (Å²) in [5, 5.41) is 2.15. The highest BCUT2D eigenvalue weighted by Crippen LogP contribution is 2.34. The van der Waals surface area contributed by atoms with Gasteiger partial charge in [0, 0.05) is 20.3 Å². The number of hydrogen-bond acceptors (Lipinski definition) is 3. The predicted molar refractivity (Wildman–Crippen MR) is 75.4 cm³/mol. The monoisotopic (exact) mass is 253 g/mol. The Labute approximate surface area is 105 Å². The normalized spacial score (nSPS) is 13.4. The van der Waals surface area contributed by atoms with Crippen LogP contribution in [0.15, 0.2) is 17.5 Å². The summed E-state index contributed by atoms with van der Waals surface area (Å²) in [7, 11) is 0. The molecule has 0 saturated carbocycles. The molecule has 1 unspecified atom stereocenters. The van der Waals surface area contributed by atoms with E-state index >= 15 is 0 Å². The van der Waals surface area contributed by atoms with Crippen molar-refractivity contribution in [1.29, 1.82) is 0 Å². The SMILES string of the molecule is CCCCCCC(N)c1cc2sccc2s1. The second-order valence-electron chi connectivity index (χ2n) is 4.25. The Morgan fingerprint density at radius 1 is 1.25 bits per heavy atom. The Morgan fingerprint density at radius 2 is 2.12 bits per heavy atom. The van der Waals surface area contributed by atoms with Crippen LogP contribution in [-0.4, -0.2) is 0 Å². The molecule has 0 aromatic carbocycles. The molecule has 0 aliphatic carbocycles. The van der Waals surface area contributed by atoms with Crippen LogP contribution in [0.3, 0.4) is 0 Å². The molecule has 2 N–H and O–H groups in total. The second-order valence-corrected chi connectivity index (χ2v) is 6.32. The third kappa shape index (κ3) is 2.84. The first kappa shape index (κ1) is 12.1. The van der Waals surface area contributed by atoms with Crippen LogP contribution >= 0.6 is 22.7 Å². The average Bonchev–Trinajstić information content (AvgIpc) is 2.83. The highest BCUT2D eigenvalue weighted by molar-refractivity contribution is 7.26. The zero-order valence-electron chi connectivity index (χ0n) is 9.74. The highest BCUT2D eigenvalue weighted by Gasteiger charge is 2.10. The first-order valence-electron chi connectivity index (χ1n) is 6.03. The molecule has 3 heteroatoms. The van der Waals surface area contributed by atoms with Gasteiger partial charge in [-0.2, -0.15) is 0 Å². The summed E-state index contributed by atoms with van der Waals surface area (Å²) in [6, 6.07) is 4.72. The van der Waals surface area contributed by atoms with Gasteiger partial charge in [0.25, 0.3) is 0 Å². The second kappa shape index (κ2) is 5.80. The van der Waals surface area contributed by atoms with E-state index < -0.39 is 0 Å². The van der Waals surface area contributed by atoms with Crippen LogP contribution in [0.2, 0.25) is 0 Å². The lowest BCUT2D eigenvalue weighted by Crippen LogP contribution is -2.07. The van der Waals surface area contributed by atoms with Crippen molar-refractivity contribution in [2.45, 2.75) is 45.1 Å². The molecule has 0 aliphatic rings. The molecule has 2 aromatic heterocycles. The van der Waals surface area contributed by atoms with Gasteiger partial charge in [-0.05, 0) is 23.9 Å². The summed E-state index contributed by atoms with van der Waals surface area (Å²) >= 11 is 3.67. The van der Waals surface area contributed by atoms with Gasteiger partial charge in [0.1, 0.15) is 0 Å². The smallest absolute Gasteiger partial charge is 0.0454 e. The van der Waals surface area contributed by atoms with Gasteiger partial charge in [0.2, 0.25) is 0 Å². The molecule has 1 nitrogen and oxygen atoms in total. The minimum atomic E-state index is 0.251. The molecule has 0 aliphatic heterocycles. The standard InChI is InChI=1S/C13H19NS2/c1-2-3-4-5-6-10(14)12-9-13-11(16-12)7-8-15-13/h7-10H,2-6,14H2,1H3. The molecule has 0 bridgehead atoms. The summed E-state index contributed by atoms with van der Waals surface area (Å²) in [4.78, 5) is 1.36. The molecule has 0 radical (unpaired) electrons. The maximum absolute atomic E-state index is 6.22. The molecular formula is C13H19NS2. The van der Waals surface area contributed by atoms with Crippen molar-refractivity contribution in [3.05, 3.63) is 22.4 Å². The fraction of sp³-hybridized carbons (Fsp3) is 0.538. The Kier molecular flexibility index (Phi) is 4.38. The predicted octanol–water partition coefficient (Wildman–Crippen LogP) is 4.93. The minimum absolute atomic E-state index is 0.251. The van der Waals surface area contributed by atoms with Crippen LogP contribution in [0.4, 0.5) is 0 Å². The Hall–Kier alpha value is -0.380. The van der Waals surface area contributed by atoms with Gasteiger partial charge in [0.05, 0.1) is 0 Å². The lowest BCUT2D eigenvalue weighted by Gasteiger charge is -2.08.